The zero-order chi connectivity index (χ0) is 21.0. The zero-order valence-corrected chi connectivity index (χ0v) is 17.9. The molecule has 0 fully saturated rings. The average molecular weight is 435 g/mol. The third kappa shape index (κ3) is 4.72. The van der Waals surface area contributed by atoms with Crippen LogP contribution in [0.1, 0.15) is 20.8 Å². The van der Waals surface area contributed by atoms with E-state index in [1.807, 2.05) is 6.92 Å². The number of sulfonamides is 1. The molecule has 10 heteroatoms. The van der Waals surface area contributed by atoms with Crippen LogP contribution in [0.4, 0.5) is 5.69 Å². The number of hydrogen-bond donors (Lipinski definition) is 2. The second-order valence-corrected chi connectivity index (χ2v) is 8.86. The van der Waals surface area contributed by atoms with Gasteiger partial charge in [-0.2, -0.15) is 13.5 Å². The van der Waals surface area contributed by atoms with E-state index in [4.69, 9.17) is 4.74 Å². The minimum Gasteiger partial charge on any atom is -0.492 e. The lowest BCUT2D eigenvalue weighted by molar-refractivity contribution is -0.118. The number of amides is 1. The molecule has 0 saturated carbocycles. The van der Waals surface area contributed by atoms with Gasteiger partial charge in [0.1, 0.15) is 27.7 Å². The maximum Gasteiger partial charge on any atom is 0.243 e. The lowest BCUT2D eigenvalue weighted by Crippen LogP contribution is -2.47. The Bertz CT molecular complexity index is 1110. The molecule has 1 heterocycles. The number of ether oxygens (including phenoxy) is 1. The van der Waals surface area contributed by atoms with Crippen LogP contribution in [0.25, 0.3) is 11.0 Å². The van der Waals surface area contributed by atoms with Gasteiger partial charge in [0.15, 0.2) is 0 Å². The van der Waals surface area contributed by atoms with E-state index in [0.29, 0.717) is 23.6 Å². The largest absolute Gasteiger partial charge is 0.492 e. The Hall–Kier alpha value is -2.56. The summed E-state index contributed by atoms with van der Waals surface area (Å²) in [6.45, 7) is 5.83. The number of rotatable bonds is 8. The summed E-state index contributed by atoms with van der Waals surface area (Å²) in [5.74, 6) is -0.247. The topological polar surface area (TPSA) is 110 Å². The molecule has 1 atom stereocenters. The van der Waals surface area contributed by atoms with Crippen LogP contribution in [-0.2, 0) is 14.8 Å². The SMILES string of the molecule is CCOc1ccccc1NC(=O)C(NS(=O)(=O)c1cccc2nsnc12)C(C)C. The van der Waals surface area contributed by atoms with Gasteiger partial charge in [-0.05, 0) is 37.1 Å². The van der Waals surface area contributed by atoms with Gasteiger partial charge in [-0.1, -0.05) is 32.0 Å². The molecule has 1 aromatic heterocycles. The quantitative estimate of drug-likeness (QED) is 0.564. The van der Waals surface area contributed by atoms with E-state index in [1.165, 1.54) is 6.07 Å². The summed E-state index contributed by atoms with van der Waals surface area (Å²) in [4.78, 5) is 12.9. The summed E-state index contributed by atoms with van der Waals surface area (Å²) in [5.41, 5.74) is 1.26. The highest BCUT2D eigenvalue weighted by molar-refractivity contribution is 7.89. The fraction of sp³-hybridized carbons (Fsp3) is 0.316. The van der Waals surface area contributed by atoms with Crippen molar-refractivity contribution in [3.05, 3.63) is 42.5 Å². The number of carbonyl (C=O) groups excluding carboxylic acids is 1. The van der Waals surface area contributed by atoms with Crippen molar-refractivity contribution < 1.29 is 17.9 Å². The van der Waals surface area contributed by atoms with Gasteiger partial charge in [0, 0.05) is 0 Å². The Morgan fingerprint density at radius 3 is 2.62 bits per heavy atom. The first-order chi connectivity index (χ1) is 13.8. The Labute approximate surface area is 173 Å². The molecule has 0 saturated heterocycles. The van der Waals surface area contributed by atoms with E-state index in [9.17, 15) is 13.2 Å². The Morgan fingerprint density at radius 2 is 1.90 bits per heavy atom. The molecule has 0 aliphatic carbocycles. The van der Waals surface area contributed by atoms with Gasteiger partial charge in [-0.15, -0.1) is 0 Å². The van der Waals surface area contributed by atoms with Crippen molar-refractivity contribution in [2.45, 2.75) is 31.7 Å². The van der Waals surface area contributed by atoms with Gasteiger partial charge in [0.05, 0.1) is 24.0 Å². The lowest BCUT2D eigenvalue weighted by Gasteiger charge is -2.22. The van der Waals surface area contributed by atoms with Crippen molar-refractivity contribution >= 4 is 44.4 Å². The van der Waals surface area contributed by atoms with Gasteiger partial charge >= 0.3 is 0 Å². The van der Waals surface area contributed by atoms with E-state index in [2.05, 4.69) is 18.8 Å². The number of benzene rings is 2. The number of carbonyl (C=O) groups is 1. The number of fused-ring (bicyclic) bond motifs is 1. The van der Waals surface area contributed by atoms with Gasteiger partial charge in [-0.25, -0.2) is 8.42 Å². The van der Waals surface area contributed by atoms with Crippen LogP contribution in [0.2, 0.25) is 0 Å². The maximum absolute atomic E-state index is 13.0. The molecule has 8 nitrogen and oxygen atoms in total. The van der Waals surface area contributed by atoms with Crippen molar-refractivity contribution in [2.75, 3.05) is 11.9 Å². The first kappa shape index (κ1) is 21.2. The van der Waals surface area contributed by atoms with Crippen LogP contribution in [0, 0.1) is 5.92 Å². The first-order valence-corrected chi connectivity index (χ1v) is 11.3. The predicted molar refractivity (Wildman–Crippen MR) is 113 cm³/mol. The van der Waals surface area contributed by atoms with Crippen LogP contribution >= 0.6 is 11.7 Å². The van der Waals surface area contributed by atoms with E-state index in [-0.39, 0.29) is 16.3 Å². The summed E-state index contributed by atoms with van der Waals surface area (Å²) >= 11 is 0.937. The second kappa shape index (κ2) is 8.85. The second-order valence-electron chi connectivity index (χ2n) is 6.65. The number of hydrogen-bond acceptors (Lipinski definition) is 7. The van der Waals surface area contributed by atoms with Crippen LogP contribution in [0.5, 0.6) is 5.75 Å². The van der Waals surface area contributed by atoms with Crippen LogP contribution < -0.4 is 14.8 Å². The number of nitrogens with zero attached hydrogens (tertiary/aromatic N) is 2. The van der Waals surface area contributed by atoms with Crippen molar-refractivity contribution in [1.82, 2.24) is 13.5 Å². The molecule has 0 bridgehead atoms. The van der Waals surface area contributed by atoms with Gasteiger partial charge in [0.2, 0.25) is 15.9 Å². The third-order valence-corrected chi connectivity index (χ3v) is 6.23. The molecule has 2 N–H and O–H groups in total. The fourth-order valence-corrected chi connectivity index (χ4v) is 4.89. The first-order valence-electron chi connectivity index (χ1n) is 9.09. The zero-order valence-electron chi connectivity index (χ0n) is 16.2. The highest BCUT2D eigenvalue weighted by Crippen LogP contribution is 2.25. The maximum atomic E-state index is 13.0. The molecule has 1 unspecified atom stereocenters. The molecule has 0 aliphatic heterocycles. The summed E-state index contributed by atoms with van der Waals surface area (Å²) in [7, 11) is -4.00. The average Bonchev–Trinajstić information content (AvgIpc) is 3.16. The summed E-state index contributed by atoms with van der Waals surface area (Å²) < 4.78 is 42.2. The molecule has 0 spiro atoms. The van der Waals surface area contributed by atoms with Gasteiger partial charge in [-0.3, -0.25) is 4.79 Å². The van der Waals surface area contributed by atoms with Crippen molar-refractivity contribution in [1.29, 1.82) is 0 Å². The van der Waals surface area contributed by atoms with Crippen molar-refractivity contribution in [3.63, 3.8) is 0 Å². The Balaban J connectivity index is 1.87. The van der Waals surface area contributed by atoms with E-state index < -0.39 is 22.0 Å². The summed E-state index contributed by atoms with van der Waals surface area (Å²) in [6, 6.07) is 10.8. The standard InChI is InChI=1S/C19H22N4O4S2/c1-4-27-15-10-6-5-8-13(15)20-19(24)17(12(2)3)23-29(25,26)16-11-7-9-14-18(16)22-28-21-14/h5-12,17,23H,4H2,1-3H3,(H,20,24). The number of anilines is 1. The lowest BCUT2D eigenvalue weighted by atomic mass is 10.0. The number of para-hydroxylation sites is 2. The van der Waals surface area contributed by atoms with E-state index in [0.717, 1.165) is 11.7 Å². The molecule has 29 heavy (non-hydrogen) atoms. The molecule has 0 radical (unpaired) electrons. The Morgan fingerprint density at radius 1 is 1.14 bits per heavy atom. The van der Waals surface area contributed by atoms with E-state index in [1.54, 1.807) is 50.2 Å². The Kier molecular flexibility index (Phi) is 6.46. The van der Waals surface area contributed by atoms with Crippen LogP contribution in [-0.4, -0.2) is 35.7 Å². The van der Waals surface area contributed by atoms with Crippen molar-refractivity contribution in [3.8, 4) is 5.75 Å². The molecule has 3 rings (SSSR count). The van der Waals surface area contributed by atoms with Crippen LogP contribution in [0.3, 0.4) is 0 Å². The highest BCUT2D eigenvalue weighted by atomic mass is 32.2. The molecule has 3 aromatic rings. The summed E-state index contributed by atoms with van der Waals surface area (Å²) in [6.07, 6.45) is 0. The van der Waals surface area contributed by atoms with Crippen LogP contribution in [0.15, 0.2) is 47.4 Å². The molecular formula is C19H22N4O4S2. The smallest absolute Gasteiger partial charge is 0.243 e. The third-order valence-electron chi connectivity index (χ3n) is 4.21. The molecule has 154 valence electrons. The minimum atomic E-state index is -4.00. The predicted octanol–water partition coefficient (Wildman–Crippen LogP) is 3.03. The number of nitrogens with one attached hydrogen (secondary N) is 2. The van der Waals surface area contributed by atoms with Gasteiger partial charge < -0.3 is 10.1 Å². The highest BCUT2D eigenvalue weighted by Gasteiger charge is 2.30. The van der Waals surface area contributed by atoms with Crippen molar-refractivity contribution in [2.24, 2.45) is 5.92 Å². The van der Waals surface area contributed by atoms with Gasteiger partial charge in [0.25, 0.3) is 0 Å². The molecule has 2 aromatic carbocycles. The fourth-order valence-electron chi connectivity index (χ4n) is 2.78. The monoisotopic (exact) mass is 434 g/mol. The van der Waals surface area contributed by atoms with E-state index >= 15 is 0 Å². The minimum absolute atomic E-state index is 0.00286. The number of aromatic nitrogens is 2. The molecular weight excluding hydrogens is 412 g/mol. The summed E-state index contributed by atoms with van der Waals surface area (Å²) in [5, 5.41) is 2.77. The molecule has 0 aliphatic rings. The molecule has 1 amide bonds. The normalized spacial score (nSPS) is 12.8.